The maximum Gasteiger partial charge on any atom is 0.358 e. The zero-order valence-electron chi connectivity index (χ0n) is 12.0. The van der Waals surface area contributed by atoms with E-state index in [1.807, 2.05) is 13.2 Å². The zero-order valence-corrected chi connectivity index (χ0v) is 14.4. The zero-order chi connectivity index (χ0) is 16.4. The monoisotopic (exact) mass is 395 g/mol. The van der Waals surface area contributed by atoms with Crippen LogP contribution in [0.5, 0.6) is 0 Å². The molecule has 1 aromatic carbocycles. The fourth-order valence-electron chi connectivity index (χ4n) is 1.89. The van der Waals surface area contributed by atoms with E-state index in [0.717, 1.165) is 5.56 Å². The van der Waals surface area contributed by atoms with E-state index < -0.39 is 5.97 Å². The molecule has 2 aromatic heterocycles. The number of nitrogens with zero attached hydrogens (tertiary/aromatic N) is 3. The molecule has 0 aliphatic carbocycles. The first kappa shape index (κ1) is 15.8. The van der Waals surface area contributed by atoms with Crippen LogP contribution in [0, 0.1) is 5.82 Å². The van der Waals surface area contributed by atoms with E-state index in [1.54, 1.807) is 22.3 Å². The van der Waals surface area contributed by atoms with Gasteiger partial charge in [0.15, 0.2) is 5.69 Å². The Balaban J connectivity index is 1.68. The molecule has 3 aromatic rings. The van der Waals surface area contributed by atoms with Gasteiger partial charge in [0.05, 0.1) is 6.20 Å². The number of aryl methyl sites for hydroxylation is 1. The minimum Gasteiger partial charge on any atom is -0.456 e. The maximum absolute atomic E-state index is 13.0. The van der Waals surface area contributed by atoms with E-state index in [0.29, 0.717) is 15.0 Å². The predicted octanol–water partition coefficient (Wildman–Crippen LogP) is 3.80. The molecule has 0 bridgehead atoms. The van der Waals surface area contributed by atoms with Crippen molar-refractivity contribution < 1.29 is 13.9 Å². The van der Waals surface area contributed by atoms with Gasteiger partial charge < -0.3 is 4.74 Å². The van der Waals surface area contributed by atoms with E-state index in [1.165, 1.54) is 23.5 Å². The van der Waals surface area contributed by atoms with Gasteiger partial charge >= 0.3 is 5.97 Å². The number of benzene rings is 1. The molecular weight excluding hydrogens is 385 g/mol. The normalized spacial score (nSPS) is 10.7. The van der Waals surface area contributed by atoms with Crippen LogP contribution in [0.3, 0.4) is 0 Å². The second-order valence-electron chi connectivity index (χ2n) is 4.75. The molecule has 0 unspecified atom stereocenters. The first-order valence-electron chi connectivity index (χ1n) is 6.58. The molecule has 0 amide bonds. The van der Waals surface area contributed by atoms with Crippen molar-refractivity contribution in [2.75, 3.05) is 0 Å². The van der Waals surface area contributed by atoms with Crippen LogP contribution in [-0.4, -0.2) is 20.7 Å². The Morgan fingerprint density at radius 1 is 1.48 bits per heavy atom. The Bertz CT molecular complexity index is 862. The number of hydrogen-bond acceptors (Lipinski definition) is 5. The standard InChI is InChI=1S/C15H11BrFN3O2S/c1-20-6-10(5-18-20)14-19-13(8-23-14)15(21)22-7-9-2-3-11(17)4-12(9)16/h2-6,8H,7H2,1H3. The topological polar surface area (TPSA) is 57.0 Å². The number of hydrogen-bond donors (Lipinski definition) is 0. The van der Waals surface area contributed by atoms with Crippen molar-refractivity contribution in [1.29, 1.82) is 0 Å². The summed E-state index contributed by atoms with van der Waals surface area (Å²) in [7, 11) is 1.81. The fourth-order valence-corrected chi connectivity index (χ4v) is 3.12. The lowest BCUT2D eigenvalue weighted by atomic mass is 10.2. The third-order valence-corrected chi connectivity index (χ3v) is 4.67. The van der Waals surface area contributed by atoms with Crippen LogP contribution >= 0.6 is 27.3 Å². The van der Waals surface area contributed by atoms with Crippen LogP contribution in [-0.2, 0) is 18.4 Å². The molecule has 2 heterocycles. The molecule has 0 spiro atoms. The van der Waals surface area contributed by atoms with Gasteiger partial charge in [0.2, 0.25) is 0 Å². The highest BCUT2D eigenvalue weighted by Gasteiger charge is 2.15. The highest BCUT2D eigenvalue weighted by atomic mass is 79.9. The number of halogens is 2. The van der Waals surface area contributed by atoms with Crippen molar-refractivity contribution in [3.63, 3.8) is 0 Å². The minimum absolute atomic E-state index is 0.0411. The Morgan fingerprint density at radius 3 is 3.00 bits per heavy atom. The summed E-state index contributed by atoms with van der Waals surface area (Å²) in [6.07, 6.45) is 3.51. The fraction of sp³-hybridized carbons (Fsp3) is 0.133. The first-order valence-corrected chi connectivity index (χ1v) is 8.26. The second kappa shape index (κ2) is 6.59. The van der Waals surface area contributed by atoms with Crippen LogP contribution in [0.2, 0.25) is 0 Å². The summed E-state index contributed by atoms with van der Waals surface area (Å²) in [5.74, 6) is -0.875. The summed E-state index contributed by atoms with van der Waals surface area (Å²) in [5.41, 5.74) is 1.77. The number of esters is 1. The summed E-state index contributed by atoms with van der Waals surface area (Å²) >= 11 is 4.58. The second-order valence-corrected chi connectivity index (χ2v) is 6.46. The van der Waals surface area contributed by atoms with Crippen LogP contribution in [0.15, 0.2) is 40.4 Å². The van der Waals surface area contributed by atoms with Crippen molar-refractivity contribution in [1.82, 2.24) is 14.8 Å². The average molecular weight is 396 g/mol. The Hall–Kier alpha value is -2.06. The van der Waals surface area contributed by atoms with Crippen LogP contribution < -0.4 is 0 Å². The molecule has 0 saturated carbocycles. The van der Waals surface area contributed by atoms with Crippen molar-refractivity contribution in [3.8, 4) is 10.6 Å². The van der Waals surface area contributed by atoms with Gasteiger partial charge in [-0.1, -0.05) is 22.0 Å². The molecule has 0 aliphatic rings. The van der Waals surface area contributed by atoms with E-state index in [4.69, 9.17) is 4.74 Å². The van der Waals surface area contributed by atoms with Gasteiger partial charge in [0.1, 0.15) is 17.4 Å². The predicted molar refractivity (Wildman–Crippen MR) is 87.5 cm³/mol. The SMILES string of the molecule is Cn1cc(-c2nc(C(=O)OCc3ccc(F)cc3Br)cs2)cn1. The molecule has 0 atom stereocenters. The third kappa shape index (κ3) is 3.65. The summed E-state index contributed by atoms with van der Waals surface area (Å²) in [5, 5.41) is 6.42. The van der Waals surface area contributed by atoms with E-state index in [2.05, 4.69) is 26.0 Å². The lowest BCUT2D eigenvalue weighted by Crippen LogP contribution is -2.06. The molecule has 0 saturated heterocycles. The van der Waals surface area contributed by atoms with E-state index >= 15 is 0 Å². The molecule has 3 rings (SSSR count). The van der Waals surface area contributed by atoms with Crippen molar-refractivity contribution >= 4 is 33.2 Å². The van der Waals surface area contributed by atoms with Crippen LogP contribution in [0.25, 0.3) is 10.6 Å². The van der Waals surface area contributed by atoms with Gasteiger partial charge in [-0.05, 0) is 12.1 Å². The lowest BCUT2D eigenvalue weighted by molar-refractivity contribution is 0.0466. The lowest BCUT2D eigenvalue weighted by Gasteiger charge is -2.05. The molecule has 0 fully saturated rings. The number of rotatable bonds is 4. The maximum atomic E-state index is 13.0. The van der Waals surface area contributed by atoms with Gasteiger partial charge in [0, 0.05) is 34.2 Å². The van der Waals surface area contributed by atoms with E-state index in [9.17, 15) is 9.18 Å². The minimum atomic E-state index is -0.521. The van der Waals surface area contributed by atoms with Crippen molar-refractivity contribution in [2.24, 2.45) is 7.05 Å². The highest BCUT2D eigenvalue weighted by Crippen LogP contribution is 2.24. The molecular formula is C15H11BrFN3O2S. The van der Waals surface area contributed by atoms with Gasteiger partial charge in [-0.25, -0.2) is 14.2 Å². The quantitative estimate of drug-likeness (QED) is 0.630. The highest BCUT2D eigenvalue weighted by molar-refractivity contribution is 9.10. The number of ether oxygens (including phenoxy) is 1. The molecule has 5 nitrogen and oxygen atoms in total. The van der Waals surface area contributed by atoms with Gasteiger partial charge in [-0.2, -0.15) is 5.10 Å². The molecule has 23 heavy (non-hydrogen) atoms. The first-order chi connectivity index (χ1) is 11.0. The third-order valence-electron chi connectivity index (χ3n) is 3.04. The summed E-state index contributed by atoms with van der Waals surface area (Å²) in [4.78, 5) is 16.3. The van der Waals surface area contributed by atoms with Crippen molar-refractivity contribution in [3.05, 3.63) is 57.5 Å². The van der Waals surface area contributed by atoms with Gasteiger partial charge in [-0.15, -0.1) is 11.3 Å². The summed E-state index contributed by atoms with van der Waals surface area (Å²) in [6, 6.07) is 4.21. The summed E-state index contributed by atoms with van der Waals surface area (Å²) in [6.45, 7) is 0.0411. The largest absolute Gasteiger partial charge is 0.456 e. The van der Waals surface area contributed by atoms with Gasteiger partial charge in [-0.3, -0.25) is 4.68 Å². The summed E-state index contributed by atoms with van der Waals surface area (Å²) < 4.78 is 20.5. The number of thiazole rings is 1. The van der Waals surface area contributed by atoms with Crippen LogP contribution in [0.4, 0.5) is 4.39 Å². The van der Waals surface area contributed by atoms with Gasteiger partial charge in [0.25, 0.3) is 0 Å². The van der Waals surface area contributed by atoms with E-state index in [-0.39, 0.29) is 18.1 Å². The number of carbonyl (C=O) groups excluding carboxylic acids is 1. The Labute approximate surface area is 143 Å². The molecule has 0 radical (unpaired) electrons. The molecule has 8 heteroatoms. The Kier molecular flexibility index (Phi) is 4.53. The Morgan fingerprint density at radius 2 is 2.30 bits per heavy atom. The number of carbonyl (C=O) groups is 1. The van der Waals surface area contributed by atoms with Crippen molar-refractivity contribution in [2.45, 2.75) is 6.61 Å². The average Bonchev–Trinajstić information content (AvgIpc) is 3.14. The number of aromatic nitrogens is 3. The van der Waals surface area contributed by atoms with Crippen LogP contribution in [0.1, 0.15) is 16.1 Å². The molecule has 0 aliphatic heterocycles. The smallest absolute Gasteiger partial charge is 0.358 e. The molecule has 118 valence electrons. The molecule has 0 N–H and O–H groups in total.